The van der Waals surface area contributed by atoms with Crippen molar-refractivity contribution in [2.24, 2.45) is 11.1 Å². The summed E-state index contributed by atoms with van der Waals surface area (Å²) in [5, 5.41) is 13.6. The Morgan fingerprint density at radius 1 is 1.24 bits per heavy atom. The molecule has 0 saturated carbocycles. The second kappa shape index (κ2) is 4.49. The van der Waals surface area contributed by atoms with Crippen molar-refractivity contribution < 1.29 is 9.94 Å². The topological polar surface area (TPSA) is 41.8 Å². The van der Waals surface area contributed by atoms with Gasteiger partial charge < -0.3 is 9.94 Å². The summed E-state index contributed by atoms with van der Waals surface area (Å²) in [6, 6.07) is 4.28. The molecule has 0 fully saturated rings. The van der Waals surface area contributed by atoms with Crippen molar-refractivity contribution >= 4 is 5.71 Å². The molecule has 0 bridgehead atoms. The fourth-order valence-electron chi connectivity index (χ4n) is 2.55. The Kier molecular flexibility index (Phi) is 3.20. The minimum atomic E-state index is -0.0462. The molecule has 0 saturated heterocycles. The van der Waals surface area contributed by atoms with Crippen LogP contribution in [-0.2, 0) is 4.84 Å². The Hall–Kier alpha value is -1.35. The van der Waals surface area contributed by atoms with Crippen LogP contribution in [0.25, 0.3) is 0 Å². The van der Waals surface area contributed by atoms with E-state index in [-0.39, 0.29) is 18.6 Å². The molecule has 0 unspecified atom stereocenters. The van der Waals surface area contributed by atoms with E-state index in [1.165, 1.54) is 16.7 Å². The molecule has 1 aliphatic heterocycles. The average molecular weight is 233 g/mol. The van der Waals surface area contributed by atoms with Crippen molar-refractivity contribution in [1.82, 2.24) is 0 Å². The van der Waals surface area contributed by atoms with E-state index in [1.807, 2.05) is 6.92 Å². The Bertz CT molecular complexity index is 442. The van der Waals surface area contributed by atoms with Crippen LogP contribution in [0, 0.1) is 26.7 Å². The third-order valence-electron chi connectivity index (χ3n) is 3.37. The van der Waals surface area contributed by atoms with E-state index in [9.17, 15) is 5.11 Å². The van der Waals surface area contributed by atoms with Gasteiger partial charge in [0.2, 0.25) is 0 Å². The van der Waals surface area contributed by atoms with Gasteiger partial charge in [-0.15, -0.1) is 0 Å². The van der Waals surface area contributed by atoms with Crippen molar-refractivity contribution in [2.75, 3.05) is 6.61 Å². The van der Waals surface area contributed by atoms with Crippen LogP contribution < -0.4 is 0 Å². The summed E-state index contributed by atoms with van der Waals surface area (Å²) < 4.78 is 0. The zero-order valence-electron chi connectivity index (χ0n) is 10.8. The van der Waals surface area contributed by atoms with Crippen LogP contribution in [0.4, 0.5) is 0 Å². The van der Waals surface area contributed by atoms with E-state index in [1.54, 1.807) is 0 Å². The van der Waals surface area contributed by atoms with Gasteiger partial charge in [-0.05, 0) is 38.8 Å². The van der Waals surface area contributed by atoms with Gasteiger partial charge in [0.15, 0.2) is 0 Å². The predicted octanol–water partition coefficient (Wildman–Crippen LogP) is 2.34. The lowest BCUT2D eigenvalue weighted by Crippen LogP contribution is -2.26. The lowest BCUT2D eigenvalue weighted by molar-refractivity contribution is 0.0596. The van der Waals surface area contributed by atoms with Gasteiger partial charge in [-0.25, -0.2) is 0 Å². The molecule has 1 heterocycles. The van der Waals surface area contributed by atoms with Crippen LogP contribution in [0.3, 0.4) is 0 Å². The lowest BCUT2D eigenvalue weighted by Gasteiger charge is -2.16. The Balaban J connectivity index is 2.48. The predicted molar refractivity (Wildman–Crippen MR) is 68.3 cm³/mol. The number of hydrogen-bond donors (Lipinski definition) is 1. The second-order valence-corrected chi connectivity index (χ2v) is 4.85. The van der Waals surface area contributed by atoms with E-state index in [4.69, 9.17) is 4.84 Å². The maximum absolute atomic E-state index is 9.44. The zero-order valence-corrected chi connectivity index (χ0v) is 10.8. The van der Waals surface area contributed by atoms with E-state index < -0.39 is 0 Å². The first-order valence-electron chi connectivity index (χ1n) is 5.97. The van der Waals surface area contributed by atoms with Crippen LogP contribution in [0.5, 0.6) is 0 Å². The zero-order chi connectivity index (χ0) is 12.6. The van der Waals surface area contributed by atoms with Crippen LogP contribution in [-0.4, -0.2) is 23.5 Å². The molecule has 1 aromatic carbocycles. The highest BCUT2D eigenvalue weighted by atomic mass is 16.6. The molecule has 0 radical (unpaired) electrons. The summed E-state index contributed by atoms with van der Waals surface area (Å²) in [7, 11) is 0. The molecule has 2 atom stereocenters. The molecular formula is C14H19NO2. The second-order valence-electron chi connectivity index (χ2n) is 4.85. The molecule has 0 aliphatic carbocycles. The van der Waals surface area contributed by atoms with Gasteiger partial charge in [0.25, 0.3) is 0 Å². The van der Waals surface area contributed by atoms with Crippen LogP contribution >= 0.6 is 0 Å². The number of benzene rings is 1. The number of rotatable bonds is 2. The molecule has 1 N–H and O–H groups in total. The molecule has 3 heteroatoms. The Labute approximate surface area is 102 Å². The molecule has 0 aromatic heterocycles. The van der Waals surface area contributed by atoms with Crippen molar-refractivity contribution in [2.45, 2.75) is 33.8 Å². The van der Waals surface area contributed by atoms with Crippen LogP contribution in [0.15, 0.2) is 17.3 Å². The Morgan fingerprint density at radius 2 is 1.82 bits per heavy atom. The van der Waals surface area contributed by atoms with Crippen molar-refractivity contribution in [1.29, 1.82) is 0 Å². The summed E-state index contributed by atoms with van der Waals surface area (Å²) in [6.45, 7) is 8.26. The van der Waals surface area contributed by atoms with Gasteiger partial charge in [-0.3, -0.25) is 0 Å². The standard InChI is InChI=1S/C14H19NO2/c1-8-5-9(2)13(10(3)6-8)14-12(7-16)11(4)17-15-14/h5-6,11-12,16H,7H2,1-4H3/t11-,12-/m0/s1. The first-order chi connectivity index (χ1) is 8.04. The number of aliphatic hydroxyl groups is 1. The molecule has 1 aromatic rings. The summed E-state index contributed by atoms with van der Waals surface area (Å²) in [6.07, 6.45) is -0.0462. The van der Waals surface area contributed by atoms with E-state index in [0.717, 1.165) is 11.3 Å². The highest BCUT2D eigenvalue weighted by Gasteiger charge is 2.32. The largest absolute Gasteiger partial charge is 0.396 e. The third-order valence-corrected chi connectivity index (χ3v) is 3.37. The van der Waals surface area contributed by atoms with E-state index in [0.29, 0.717) is 0 Å². The Morgan fingerprint density at radius 3 is 2.35 bits per heavy atom. The monoisotopic (exact) mass is 233 g/mol. The van der Waals surface area contributed by atoms with Gasteiger partial charge >= 0.3 is 0 Å². The van der Waals surface area contributed by atoms with Crippen LogP contribution in [0.2, 0.25) is 0 Å². The molecule has 1 aliphatic rings. The van der Waals surface area contributed by atoms with Crippen molar-refractivity contribution in [3.63, 3.8) is 0 Å². The third kappa shape index (κ3) is 2.07. The molecule has 3 nitrogen and oxygen atoms in total. The summed E-state index contributed by atoms with van der Waals surface area (Å²) in [5.74, 6) is -0.0184. The van der Waals surface area contributed by atoms with Gasteiger partial charge in [-0.2, -0.15) is 0 Å². The molecular weight excluding hydrogens is 214 g/mol. The van der Waals surface area contributed by atoms with Gasteiger partial charge in [-0.1, -0.05) is 22.9 Å². The number of oxime groups is 1. The molecule has 0 amide bonds. The quantitative estimate of drug-likeness (QED) is 0.852. The first kappa shape index (κ1) is 12.1. The summed E-state index contributed by atoms with van der Waals surface area (Å²) >= 11 is 0. The highest BCUT2D eigenvalue weighted by Crippen LogP contribution is 2.27. The van der Waals surface area contributed by atoms with Crippen molar-refractivity contribution in [3.05, 3.63) is 34.4 Å². The number of aryl methyl sites for hydroxylation is 3. The fourth-order valence-corrected chi connectivity index (χ4v) is 2.55. The number of aliphatic hydroxyl groups excluding tert-OH is 1. The minimum Gasteiger partial charge on any atom is -0.396 e. The molecule has 92 valence electrons. The summed E-state index contributed by atoms with van der Waals surface area (Å²) in [4.78, 5) is 5.29. The highest BCUT2D eigenvalue weighted by molar-refractivity contribution is 6.05. The first-order valence-corrected chi connectivity index (χ1v) is 5.97. The maximum atomic E-state index is 9.44. The lowest BCUT2D eigenvalue weighted by atomic mass is 9.88. The fraction of sp³-hybridized carbons (Fsp3) is 0.500. The van der Waals surface area contributed by atoms with Gasteiger partial charge in [0.05, 0.1) is 18.2 Å². The smallest absolute Gasteiger partial charge is 0.135 e. The molecule has 17 heavy (non-hydrogen) atoms. The van der Waals surface area contributed by atoms with Crippen molar-refractivity contribution in [3.8, 4) is 0 Å². The van der Waals surface area contributed by atoms with Gasteiger partial charge in [0.1, 0.15) is 6.10 Å². The van der Waals surface area contributed by atoms with Gasteiger partial charge in [0, 0.05) is 5.56 Å². The van der Waals surface area contributed by atoms with E-state index in [2.05, 4.69) is 38.1 Å². The SMILES string of the molecule is Cc1cc(C)c(C2=NO[C@@H](C)[C@@H]2CO)c(C)c1. The van der Waals surface area contributed by atoms with Crippen LogP contribution in [0.1, 0.15) is 29.2 Å². The normalized spacial score (nSPS) is 23.5. The number of hydrogen-bond acceptors (Lipinski definition) is 3. The van der Waals surface area contributed by atoms with E-state index >= 15 is 0 Å². The number of nitrogens with zero attached hydrogens (tertiary/aromatic N) is 1. The minimum absolute atomic E-state index is 0.0184. The summed E-state index contributed by atoms with van der Waals surface area (Å²) in [5.41, 5.74) is 5.64. The maximum Gasteiger partial charge on any atom is 0.135 e. The average Bonchev–Trinajstić information content (AvgIpc) is 2.58. The molecule has 2 rings (SSSR count). The molecule has 0 spiro atoms.